The molecule has 0 unspecified atom stereocenters. The van der Waals surface area contributed by atoms with Gasteiger partial charge in [-0.15, -0.1) is 0 Å². The molecule has 1 aromatic rings. The number of carbonyl (C=O) groups excluding carboxylic acids is 1. The fraction of sp³-hybridized carbons (Fsp3) is 0.611. The lowest BCUT2D eigenvalue weighted by Crippen LogP contribution is -2.46. The quantitative estimate of drug-likeness (QED) is 0.878. The Balaban J connectivity index is 1.99. The highest BCUT2D eigenvalue weighted by Crippen LogP contribution is 2.18. The lowest BCUT2D eigenvalue weighted by atomic mass is 10.1. The van der Waals surface area contributed by atoms with E-state index >= 15 is 0 Å². The van der Waals surface area contributed by atoms with Gasteiger partial charge in [-0.25, -0.2) is 8.42 Å². The Kier molecular flexibility index (Phi) is 6.24. The third-order valence-corrected chi connectivity index (χ3v) is 6.00. The molecule has 0 atom stereocenters. The van der Waals surface area contributed by atoms with Gasteiger partial charge in [-0.2, -0.15) is 4.31 Å². The molecule has 6 nitrogen and oxygen atoms in total. The van der Waals surface area contributed by atoms with Crippen molar-refractivity contribution >= 4 is 15.9 Å². The highest BCUT2D eigenvalue weighted by molar-refractivity contribution is 7.89. The molecule has 2 rings (SSSR count). The SMILES string of the molecule is Cc1ccc(S(=O)(=O)N2CCCN(CC(=O)NC(C)(C)C)CC2)cc1. The van der Waals surface area contributed by atoms with Crippen molar-refractivity contribution in [3.63, 3.8) is 0 Å². The molecule has 1 amide bonds. The van der Waals surface area contributed by atoms with E-state index in [9.17, 15) is 13.2 Å². The van der Waals surface area contributed by atoms with Crippen LogP contribution in [-0.4, -0.2) is 61.8 Å². The van der Waals surface area contributed by atoms with Crippen molar-refractivity contribution < 1.29 is 13.2 Å². The molecule has 25 heavy (non-hydrogen) atoms. The van der Waals surface area contributed by atoms with Crippen molar-refractivity contribution in [2.75, 3.05) is 32.7 Å². The first kappa shape index (κ1) is 19.9. The van der Waals surface area contributed by atoms with E-state index in [2.05, 4.69) is 5.32 Å². The molecule has 0 saturated carbocycles. The highest BCUT2D eigenvalue weighted by Gasteiger charge is 2.27. The van der Waals surface area contributed by atoms with Crippen molar-refractivity contribution in [1.82, 2.24) is 14.5 Å². The predicted octanol–water partition coefficient (Wildman–Crippen LogP) is 1.61. The molecule has 1 aliphatic heterocycles. The standard InChI is InChI=1S/C18H29N3O3S/c1-15-6-8-16(9-7-15)25(23,24)21-11-5-10-20(12-13-21)14-17(22)19-18(2,3)4/h6-9H,5,10-14H2,1-4H3,(H,19,22). The lowest BCUT2D eigenvalue weighted by molar-refractivity contribution is -0.123. The Bertz CT molecular complexity index is 693. The van der Waals surface area contributed by atoms with Gasteiger partial charge in [-0.05, 0) is 52.8 Å². The number of aryl methyl sites for hydroxylation is 1. The summed E-state index contributed by atoms with van der Waals surface area (Å²) in [7, 11) is -3.48. The zero-order chi connectivity index (χ0) is 18.7. The second-order valence-electron chi connectivity index (χ2n) is 7.65. The van der Waals surface area contributed by atoms with Crippen LogP contribution in [0.1, 0.15) is 32.8 Å². The van der Waals surface area contributed by atoms with Gasteiger partial charge < -0.3 is 5.32 Å². The fourth-order valence-electron chi connectivity index (χ4n) is 2.87. The molecule has 1 N–H and O–H groups in total. The molecule has 140 valence electrons. The normalized spacial score (nSPS) is 17.9. The van der Waals surface area contributed by atoms with E-state index in [1.54, 1.807) is 12.1 Å². The summed E-state index contributed by atoms with van der Waals surface area (Å²) in [5.41, 5.74) is 0.773. The summed E-state index contributed by atoms with van der Waals surface area (Å²) < 4.78 is 27.1. The zero-order valence-corrected chi connectivity index (χ0v) is 16.4. The zero-order valence-electron chi connectivity index (χ0n) is 15.6. The maximum atomic E-state index is 12.8. The van der Waals surface area contributed by atoms with E-state index in [0.717, 1.165) is 12.1 Å². The molecule has 0 bridgehead atoms. The monoisotopic (exact) mass is 367 g/mol. The van der Waals surface area contributed by atoms with Gasteiger partial charge in [0.15, 0.2) is 0 Å². The second kappa shape index (κ2) is 7.85. The third kappa shape index (κ3) is 5.80. The van der Waals surface area contributed by atoms with Gasteiger partial charge in [0.2, 0.25) is 15.9 Å². The van der Waals surface area contributed by atoms with Gasteiger partial charge in [-0.3, -0.25) is 9.69 Å². The summed E-state index contributed by atoms with van der Waals surface area (Å²) in [6.07, 6.45) is 0.716. The third-order valence-electron chi connectivity index (χ3n) is 4.09. The van der Waals surface area contributed by atoms with Crippen LogP contribution in [0.5, 0.6) is 0 Å². The number of nitrogens with zero attached hydrogens (tertiary/aromatic N) is 2. The minimum absolute atomic E-state index is 0.0256. The molecule has 1 aromatic carbocycles. The molecule has 1 aliphatic rings. The number of carbonyl (C=O) groups is 1. The molecule has 0 aliphatic carbocycles. The number of sulfonamides is 1. The molecule has 1 heterocycles. The predicted molar refractivity (Wildman–Crippen MR) is 98.9 cm³/mol. The minimum atomic E-state index is -3.48. The van der Waals surface area contributed by atoms with Gasteiger partial charge in [0.1, 0.15) is 0 Å². The van der Waals surface area contributed by atoms with Crippen molar-refractivity contribution in [3.8, 4) is 0 Å². The maximum absolute atomic E-state index is 12.8. The average Bonchev–Trinajstić information content (AvgIpc) is 2.71. The van der Waals surface area contributed by atoms with Crippen LogP contribution in [-0.2, 0) is 14.8 Å². The maximum Gasteiger partial charge on any atom is 0.243 e. The van der Waals surface area contributed by atoms with Crippen LogP contribution in [0.2, 0.25) is 0 Å². The molecule has 0 spiro atoms. The molecule has 0 radical (unpaired) electrons. The molecule has 1 saturated heterocycles. The van der Waals surface area contributed by atoms with E-state index < -0.39 is 10.0 Å². The van der Waals surface area contributed by atoms with E-state index in [1.165, 1.54) is 4.31 Å². The van der Waals surface area contributed by atoms with Crippen LogP contribution in [0.4, 0.5) is 0 Å². The van der Waals surface area contributed by atoms with Gasteiger partial charge in [-0.1, -0.05) is 17.7 Å². The summed E-state index contributed by atoms with van der Waals surface area (Å²) in [6, 6.07) is 6.94. The smallest absolute Gasteiger partial charge is 0.243 e. The second-order valence-corrected chi connectivity index (χ2v) is 9.58. The fourth-order valence-corrected chi connectivity index (χ4v) is 4.34. The van der Waals surface area contributed by atoms with Crippen molar-refractivity contribution in [1.29, 1.82) is 0 Å². The van der Waals surface area contributed by atoms with Gasteiger partial charge in [0.25, 0.3) is 0 Å². The molecule has 0 aromatic heterocycles. The number of hydrogen-bond donors (Lipinski definition) is 1. The van der Waals surface area contributed by atoms with Crippen LogP contribution in [0, 0.1) is 6.92 Å². The number of hydrogen-bond acceptors (Lipinski definition) is 4. The average molecular weight is 368 g/mol. The van der Waals surface area contributed by atoms with Gasteiger partial charge in [0, 0.05) is 25.2 Å². The van der Waals surface area contributed by atoms with Crippen LogP contribution in [0.25, 0.3) is 0 Å². The summed E-state index contributed by atoms with van der Waals surface area (Å²) in [5, 5.41) is 2.95. The topological polar surface area (TPSA) is 69.7 Å². The summed E-state index contributed by atoms with van der Waals surface area (Å²) >= 11 is 0. The largest absolute Gasteiger partial charge is 0.350 e. The number of amides is 1. The molecule has 1 fully saturated rings. The summed E-state index contributed by atoms with van der Waals surface area (Å²) in [6.45, 7) is 10.2. The Morgan fingerprint density at radius 3 is 2.32 bits per heavy atom. The van der Waals surface area contributed by atoms with E-state index in [4.69, 9.17) is 0 Å². The van der Waals surface area contributed by atoms with Crippen LogP contribution < -0.4 is 5.32 Å². The van der Waals surface area contributed by atoms with E-state index in [-0.39, 0.29) is 11.4 Å². The number of rotatable bonds is 4. The van der Waals surface area contributed by atoms with Gasteiger partial charge in [0.05, 0.1) is 11.4 Å². The first-order chi connectivity index (χ1) is 11.6. The van der Waals surface area contributed by atoms with Gasteiger partial charge >= 0.3 is 0 Å². The Morgan fingerprint density at radius 2 is 1.72 bits per heavy atom. The van der Waals surface area contributed by atoms with Crippen LogP contribution in [0.15, 0.2) is 29.2 Å². The summed E-state index contributed by atoms with van der Waals surface area (Å²) in [5.74, 6) is -0.0256. The first-order valence-corrected chi connectivity index (χ1v) is 10.1. The first-order valence-electron chi connectivity index (χ1n) is 8.68. The van der Waals surface area contributed by atoms with E-state index in [1.807, 2.05) is 44.7 Å². The lowest BCUT2D eigenvalue weighted by Gasteiger charge is -2.25. The Labute approximate surface area is 151 Å². The molecular formula is C18H29N3O3S. The van der Waals surface area contributed by atoms with E-state index in [0.29, 0.717) is 37.5 Å². The number of nitrogens with one attached hydrogen (secondary N) is 1. The number of benzene rings is 1. The summed E-state index contributed by atoms with van der Waals surface area (Å²) in [4.78, 5) is 14.4. The van der Waals surface area contributed by atoms with Crippen molar-refractivity contribution in [2.45, 2.75) is 44.6 Å². The Hall–Kier alpha value is -1.44. The van der Waals surface area contributed by atoms with Crippen LogP contribution in [0.3, 0.4) is 0 Å². The van der Waals surface area contributed by atoms with Crippen LogP contribution >= 0.6 is 0 Å². The minimum Gasteiger partial charge on any atom is -0.350 e. The molecular weight excluding hydrogens is 338 g/mol. The highest BCUT2D eigenvalue weighted by atomic mass is 32.2. The van der Waals surface area contributed by atoms with Crippen molar-refractivity contribution in [3.05, 3.63) is 29.8 Å². The van der Waals surface area contributed by atoms with Crippen molar-refractivity contribution in [2.24, 2.45) is 0 Å². The Morgan fingerprint density at radius 1 is 1.08 bits per heavy atom. The molecule has 7 heteroatoms.